The van der Waals surface area contributed by atoms with Gasteiger partial charge in [-0.15, -0.1) is 0 Å². The molecule has 0 aliphatic heterocycles. The van der Waals surface area contributed by atoms with Gasteiger partial charge in [0.05, 0.1) is 0 Å². The molecule has 82 valence electrons. The van der Waals surface area contributed by atoms with Gasteiger partial charge in [0.2, 0.25) is 0 Å². The Bertz CT molecular complexity index is 561. The maximum absolute atomic E-state index is 11.7. The molecule has 2 rings (SSSR count). The summed E-state index contributed by atoms with van der Waals surface area (Å²) in [6.07, 6.45) is 3.15. The number of aryl methyl sites for hydroxylation is 3. The highest BCUT2D eigenvalue weighted by atomic mass is 16.1. The quantitative estimate of drug-likeness (QED) is 0.792. The van der Waals surface area contributed by atoms with E-state index in [9.17, 15) is 4.79 Å². The van der Waals surface area contributed by atoms with Crippen molar-refractivity contribution < 1.29 is 0 Å². The summed E-state index contributed by atoms with van der Waals surface area (Å²) in [5.74, 6) is 0. The summed E-state index contributed by atoms with van der Waals surface area (Å²) in [5, 5.41) is 0. The first-order valence-corrected chi connectivity index (χ1v) is 5.21. The summed E-state index contributed by atoms with van der Waals surface area (Å²) in [7, 11) is 0. The van der Waals surface area contributed by atoms with Crippen LogP contribution in [0.25, 0.3) is 11.3 Å². The van der Waals surface area contributed by atoms with E-state index in [2.05, 4.69) is 22.1 Å². The standard InChI is InChI=1S/C13H14N2O/c1-8-6-9(2)11(10(3)7-8)12-13(16)15-5-4-14-12/h4-7H,1-3H3,(H,15,16). The van der Waals surface area contributed by atoms with Crippen LogP contribution in [0.3, 0.4) is 0 Å². The third-order valence-corrected chi connectivity index (χ3v) is 2.62. The molecule has 3 nitrogen and oxygen atoms in total. The van der Waals surface area contributed by atoms with Gasteiger partial charge in [0, 0.05) is 18.0 Å². The highest BCUT2D eigenvalue weighted by molar-refractivity contribution is 5.67. The normalized spacial score (nSPS) is 10.4. The molecule has 1 aromatic heterocycles. The molecule has 0 spiro atoms. The highest BCUT2D eigenvalue weighted by Gasteiger charge is 2.10. The number of hydrogen-bond donors (Lipinski definition) is 1. The lowest BCUT2D eigenvalue weighted by Crippen LogP contribution is -2.11. The van der Waals surface area contributed by atoms with E-state index in [0.29, 0.717) is 5.69 Å². The monoisotopic (exact) mass is 214 g/mol. The van der Waals surface area contributed by atoms with E-state index >= 15 is 0 Å². The Morgan fingerprint density at radius 2 is 1.75 bits per heavy atom. The zero-order valence-electron chi connectivity index (χ0n) is 9.66. The van der Waals surface area contributed by atoms with E-state index in [-0.39, 0.29) is 5.56 Å². The predicted octanol–water partition coefficient (Wildman–Crippen LogP) is 2.36. The minimum absolute atomic E-state index is 0.141. The molecular weight excluding hydrogens is 200 g/mol. The molecule has 0 aliphatic carbocycles. The molecule has 1 N–H and O–H groups in total. The van der Waals surface area contributed by atoms with Gasteiger partial charge in [0.25, 0.3) is 5.56 Å². The molecule has 1 aromatic carbocycles. The Labute approximate surface area is 94.2 Å². The molecule has 16 heavy (non-hydrogen) atoms. The summed E-state index contributed by atoms with van der Waals surface area (Å²) in [5.41, 5.74) is 4.66. The van der Waals surface area contributed by atoms with Gasteiger partial charge in [0.1, 0.15) is 5.69 Å². The minimum Gasteiger partial charge on any atom is -0.326 e. The maximum atomic E-state index is 11.7. The van der Waals surface area contributed by atoms with Crippen molar-refractivity contribution in [3.63, 3.8) is 0 Å². The van der Waals surface area contributed by atoms with E-state index in [1.165, 1.54) is 5.56 Å². The van der Waals surface area contributed by atoms with Crippen LogP contribution in [-0.4, -0.2) is 9.97 Å². The zero-order valence-corrected chi connectivity index (χ0v) is 9.66. The van der Waals surface area contributed by atoms with Gasteiger partial charge in [-0.2, -0.15) is 0 Å². The molecular formula is C13H14N2O. The SMILES string of the molecule is Cc1cc(C)c(-c2ncc[nH]c2=O)c(C)c1. The van der Waals surface area contributed by atoms with Gasteiger partial charge >= 0.3 is 0 Å². The van der Waals surface area contributed by atoms with Crippen LogP contribution in [0.1, 0.15) is 16.7 Å². The average molecular weight is 214 g/mol. The van der Waals surface area contributed by atoms with Crippen LogP contribution < -0.4 is 5.56 Å². The molecule has 2 aromatic rings. The molecule has 0 atom stereocenters. The zero-order chi connectivity index (χ0) is 11.7. The van der Waals surface area contributed by atoms with Crippen LogP contribution in [0, 0.1) is 20.8 Å². The average Bonchev–Trinajstić information content (AvgIpc) is 2.19. The van der Waals surface area contributed by atoms with Crippen molar-refractivity contribution in [1.29, 1.82) is 0 Å². The van der Waals surface area contributed by atoms with Gasteiger partial charge in [-0.3, -0.25) is 4.79 Å². The molecule has 0 fully saturated rings. The van der Waals surface area contributed by atoms with E-state index in [1.807, 2.05) is 20.8 Å². The molecule has 0 saturated carbocycles. The predicted molar refractivity (Wildman–Crippen MR) is 64.5 cm³/mol. The van der Waals surface area contributed by atoms with Crippen molar-refractivity contribution in [2.24, 2.45) is 0 Å². The molecule has 0 radical (unpaired) electrons. The lowest BCUT2D eigenvalue weighted by molar-refractivity contribution is 1.13. The van der Waals surface area contributed by atoms with Crippen LogP contribution in [-0.2, 0) is 0 Å². The van der Waals surface area contributed by atoms with Gasteiger partial charge in [-0.1, -0.05) is 17.7 Å². The number of aromatic amines is 1. The smallest absolute Gasteiger partial charge is 0.274 e. The third kappa shape index (κ3) is 1.76. The number of hydrogen-bond acceptors (Lipinski definition) is 2. The summed E-state index contributed by atoms with van der Waals surface area (Å²) in [6.45, 7) is 6.05. The topological polar surface area (TPSA) is 45.8 Å². The minimum atomic E-state index is -0.141. The Kier molecular flexibility index (Phi) is 2.60. The van der Waals surface area contributed by atoms with Gasteiger partial charge in [0.15, 0.2) is 0 Å². The molecule has 0 unspecified atom stereocenters. The number of nitrogens with one attached hydrogen (secondary N) is 1. The third-order valence-electron chi connectivity index (χ3n) is 2.62. The second-order valence-corrected chi connectivity index (χ2v) is 4.04. The van der Waals surface area contributed by atoms with Crippen LogP contribution >= 0.6 is 0 Å². The molecule has 1 heterocycles. The Hall–Kier alpha value is -1.90. The van der Waals surface area contributed by atoms with E-state index < -0.39 is 0 Å². The molecule has 0 amide bonds. The number of benzene rings is 1. The van der Waals surface area contributed by atoms with Crippen LogP contribution in [0.5, 0.6) is 0 Å². The van der Waals surface area contributed by atoms with E-state index in [0.717, 1.165) is 16.7 Å². The first-order valence-electron chi connectivity index (χ1n) is 5.21. The molecule has 3 heteroatoms. The number of nitrogens with zero attached hydrogens (tertiary/aromatic N) is 1. The molecule has 0 aliphatic rings. The first-order chi connectivity index (χ1) is 7.59. The first kappa shape index (κ1) is 10.6. The molecule has 0 saturated heterocycles. The molecule has 0 bridgehead atoms. The Balaban J connectivity index is 2.75. The number of H-pyrrole nitrogens is 1. The Morgan fingerprint density at radius 1 is 1.12 bits per heavy atom. The fourth-order valence-corrected chi connectivity index (χ4v) is 2.08. The second-order valence-electron chi connectivity index (χ2n) is 4.04. The van der Waals surface area contributed by atoms with Crippen molar-refractivity contribution in [2.75, 3.05) is 0 Å². The summed E-state index contributed by atoms with van der Waals surface area (Å²) >= 11 is 0. The van der Waals surface area contributed by atoms with Crippen molar-refractivity contribution in [1.82, 2.24) is 9.97 Å². The highest BCUT2D eigenvalue weighted by Crippen LogP contribution is 2.23. The second kappa shape index (κ2) is 3.93. The maximum Gasteiger partial charge on any atom is 0.274 e. The summed E-state index contributed by atoms with van der Waals surface area (Å²) in [6, 6.07) is 4.13. The van der Waals surface area contributed by atoms with Gasteiger partial charge in [-0.25, -0.2) is 4.98 Å². The van der Waals surface area contributed by atoms with Crippen LogP contribution in [0.2, 0.25) is 0 Å². The largest absolute Gasteiger partial charge is 0.326 e. The number of rotatable bonds is 1. The summed E-state index contributed by atoms with van der Waals surface area (Å²) in [4.78, 5) is 18.5. The fourth-order valence-electron chi connectivity index (χ4n) is 2.08. The van der Waals surface area contributed by atoms with Crippen molar-refractivity contribution >= 4 is 0 Å². The lowest BCUT2D eigenvalue weighted by atomic mass is 9.97. The van der Waals surface area contributed by atoms with Crippen molar-refractivity contribution in [2.45, 2.75) is 20.8 Å². The van der Waals surface area contributed by atoms with Crippen molar-refractivity contribution in [3.8, 4) is 11.3 Å². The van der Waals surface area contributed by atoms with Gasteiger partial charge in [-0.05, 0) is 31.9 Å². The van der Waals surface area contributed by atoms with Crippen LogP contribution in [0.15, 0.2) is 29.3 Å². The lowest BCUT2D eigenvalue weighted by Gasteiger charge is -2.09. The summed E-state index contributed by atoms with van der Waals surface area (Å²) < 4.78 is 0. The fraction of sp³-hybridized carbons (Fsp3) is 0.231. The Morgan fingerprint density at radius 3 is 2.31 bits per heavy atom. The van der Waals surface area contributed by atoms with E-state index in [4.69, 9.17) is 0 Å². The van der Waals surface area contributed by atoms with Crippen molar-refractivity contribution in [3.05, 3.63) is 51.6 Å². The number of aromatic nitrogens is 2. The van der Waals surface area contributed by atoms with E-state index in [1.54, 1.807) is 12.4 Å². The van der Waals surface area contributed by atoms with Gasteiger partial charge < -0.3 is 4.98 Å². The van der Waals surface area contributed by atoms with Crippen LogP contribution in [0.4, 0.5) is 0 Å².